The lowest BCUT2D eigenvalue weighted by atomic mass is 9.87. The summed E-state index contributed by atoms with van der Waals surface area (Å²) >= 11 is 0. The van der Waals surface area contributed by atoms with Crippen molar-refractivity contribution in [2.45, 2.75) is 74.5 Å². The zero-order chi connectivity index (χ0) is 25.3. The first-order valence-corrected chi connectivity index (χ1v) is 12.6. The molecule has 1 saturated heterocycles. The second kappa shape index (κ2) is 9.73. The molecule has 0 radical (unpaired) electrons. The second-order valence-corrected chi connectivity index (χ2v) is 11.9. The number of aromatic nitrogens is 1. The number of hydrogen-bond acceptors (Lipinski definition) is 5. The van der Waals surface area contributed by atoms with Crippen molar-refractivity contribution in [1.29, 1.82) is 0 Å². The molecular weight excluding hydrogens is 471 g/mol. The Morgan fingerprint density at radius 1 is 1.24 bits per heavy atom. The van der Waals surface area contributed by atoms with Gasteiger partial charge in [0.1, 0.15) is 0 Å². The van der Waals surface area contributed by atoms with Gasteiger partial charge in [0, 0.05) is 17.8 Å². The minimum Gasteiger partial charge on any atom is -0.482 e. The molecule has 2 aromatic rings. The molecule has 34 heavy (non-hydrogen) atoms. The number of sulfone groups is 1. The third-order valence-electron chi connectivity index (χ3n) is 6.30. The maximum Gasteiger partial charge on any atom is 0.416 e. The SMILES string of the molecule is COc1cc(=O)c(C2CC(C)(S(=O)(=O)c3cccc(C(F)(F)F)c3)CC(CCC(C)C)O2)c[nH]1. The van der Waals surface area contributed by atoms with E-state index in [1.54, 1.807) is 0 Å². The topological polar surface area (TPSA) is 85.5 Å². The van der Waals surface area contributed by atoms with Crippen LogP contribution in [0.25, 0.3) is 0 Å². The van der Waals surface area contributed by atoms with E-state index in [4.69, 9.17) is 9.47 Å². The van der Waals surface area contributed by atoms with Crippen LogP contribution < -0.4 is 10.2 Å². The fourth-order valence-corrected chi connectivity index (χ4v) is 6.22. The van der Waals surface area contributed by atoms with Gasteiger partial charge in [0.15, 0.2) is 21.1 Å². The van der Waals surface area contributed by atoms with Gasteiger partial charge >= 0.3 is 6.18 Å². The molecule has 3 unspecified atom stereocenters. The molecule has 10 heteroatoms. The number of pyridine rings is 1. The van der Waals surface area contributed by atoms with Crippen molar-refractivity contribution in [1.82, 2.24) is 4.98 Å². The summed E-state index contributed by atoms with van der Waals surface area (Å²) in [5.41, 5.74) is -1.15. The monoisotopic (exact) mass is 501 g/mol. The first kappa shape index (κ1) is 26.3. The molecule has 1 fully saturated rings. The van der Waals surface area contributed by atoms with Crippen LogP contribution in [0.1, 0.15) is 63.7 Å². The maximum absolute atomic E-state index is 13.7. The van der Waals surface area contributed by atoms with Crippen molar-refractivity contribution < 1.29 is 31.1 Å². The summed E-state index contributed by atoms with van der Waals surface area (Å²) in [7, 11) is -2.79. The number of alkyl halides is 3. The Kier molecular flexibility index (Phi) is 7.52. The zero-order valence-electron chi connectivity index (χ0n) is 19.6. The van der Waals surface area contributed by atoms with Gasteiger partial charge < -0.3 is 14.5 Å². The Balaban J connectivity index is 2.04. The first-order chi connectivity index (χ1) is 15.8. The van der Waals surface area contributed by atoms with E-state index in [2.05, 4.69) is 4.98 Å². The summed E-state index contributed by atoms with van der Waals surface area (Å²) in [6.07, 6.45) is -3.16. The molecule has 0 spiro atoms. The predicted octanol–water partition coefficient (Wildman–Crippen LogP) is 5.29. The van der Waals surface area contributed by atoms with Crippen LogP contribution in [0.2, 0.25) is 0 Å². The van der Waals surface area contributed by atoms with Gasteiger partial charge in [-0.05, 0) is 56.7 Å². The van der Waals surface area contributed by atoms with Crippen molar-refractivity contribution in [3.8, 4) is 5.88 Å². The highest BCUT2D eigenvalue weighted by Crippen LogP contribution is 2.45. The molecule has 188 valence electrons. The van der Waals surface area contributed by atoms with Crippen LogP contribution in [0.5, 0.6) is 5.88 Å². The Labute approximate surface area is 197 Å². The Hall–Kier alpha value is -2.33. The van der Waals surface area contributed by atoms with Gasteiger partial charge in [-0.15, -0.1) is 0 Å². The third kappa shape index (κ3) is 5.49. The molecule has 0 bridgehead atoms. The molecule has 1 N–H and O–H groups in total. The second-order valence-electron chi connectivity index (χ2n) is 9.43. The van der Waals surface area contributed by atoms with Gasteiger partial charge in [-0.3, -0.25) is 4.79 Å². The van der Waals surface area contributed by atoms with Crippen molar-refractivity contribution >= 4 is 9.84 Å². The molecule has 2 heterocycles. The summed E-state index contributed by atoms with van der Waals surface area (Å²) in [6, 6.07) is 5.06. The predicted molar refractivity (Wildman–Crippen MR) is 122 cm³/mol. The molecule has 1 aliphatic heterocycles. The molecule has 1 aromatic carbocycles. The van der Waals surface area contributed by atoms with E-state index in [1.165, 1.54) is 32.4 Å². The van der Waals surface area contributed by atoms with E-state index < -0.39 is 43.4 Å². The standard InChI is InChI=1S/C24H30F3NO5S/c1-15(2)8-9-17-12-23(3,13-21(33-17)19-14-28-22(32-4)11-20(19)29)34(30,31)18-7-5-6-16(10-18)24(25,26)27/h5-7,10-11,14-15,17,21H,8-9,12-13H2,1-4H3,(H,28,29). The summed E-state index contributed by atoms with van der Waals surface area (Å²) < 4.78 is 77.0. The average Bonchev–Trinajstić information content (AvgIpc) is 2.76. The number of benzene rings is 1. The quantitative estimate of drug-likeness (QED) is 0.557. The number of hydrogen-bond donors (Lipinski definition) is 1. The minimum atomic E-state index is -4.67. The lowest BCUT2D eigenvalue weighted by Gasteiger charge is -2.42. The van der Waals surface area contributed by atoms with Crippen LogP contribution in [0.15, 0.2) is 46.2 Å². The summed E-state index contributed by atoms with van der Waals surface area (Å²) in [4.78, 5) is 15.1. The molecule has 0 aliphatic carbocycles. The highest BCUT2D eigenvalue weighted by atomic mass is 32.2. The molecule has 0 amide bonds. The van der Waals surface area contributed by atoms with Crippen molar-refractivity contribution in [2.24, 2.45) is 5.92 Å². The summed E-state index contributed by atoms with van der Waals surface area (Å²) in [6.45, 7) is 5.60. The number of halogens is 3. The Morgan fingerprint density at radius 3 is 2.53 bits per heavy atom. The average molecular weight is 502 g/mol. The molecule has 1 aliphatic rings. The lowest BCUT2D eigenvalue weighted by molar-refractivity contribution is -0.137. The highest BCUT2D eigenvalue weighted by Gasteiger charge is 2.49. The van der Waals surface area contributed by atoms with Crippen molar-refractivity contribution in [3.05, 3.63) is 57.9 Å². The molecule has 3 atom stereocenters. The smallest absolute Gasteiger partial charge is 0.416 e. The van der Waals surface area contributed by atoms with Gasteiger partial charge in [0.25, 0.3) is 0 Å². The fraction of sp³-hybridized carbons (Fsp3) is 0.542. The van der Waals surface area contributed by atoms with Crippen LogP contribution in [0.3, 0.4) is 0 Å². The van der Waals surface area contributed by atoms with Crippen molar-refractivity contribution in [2.75, 3.05) is 7.11 Å². The van der Waals surface area contributed by atoms with E-state index in [9.17, 15) is 26.4 Å². The summed E-state index contributed by atoms with van der Waals surface area (Å²) in [5.74, 6) is 0.597. The van der Waals surface area contributed by atoms with Crippen LogP contribution in [-0.2, 0) is 20.8 Å². The summed E-state index contributed by atoms with van der Waals surface area (Å²) in [5, 5.41) is 0. The number of rotatable bonds is 7. The highest BCUT2D eigenvalue weighted by molar-refractivity contribution is 7.92. The molecular formula is C24H30F3NO5S. The molecule has 1 aromatic heterocycles. The number of nitrogens with one attached hydrogen (secondary N) is 1. The molecule has 6 nitrogen and oxygen atoms in total. The van der Waals surface area contributed by atoms with E-state index in [-0.39, 0.29) is 29.7 Å². The van der Waals surface area contributed by atoms with Gasteiger partial charge in [0.2, 0.25) is 0 Å². The zero-order valence-corrected chi connectivity index (χ0v) is 20.4. The van der Waals surface area contributed by atoms with E-state index in [1.807, 2.05) is 13.8 Å². The lowest BCUT2D eigenvalue weighted by Crippen LogP contribution is -2.46. The van der Waals surface area contributed by atoms with Gasteiger partial charge in [-0.25, -0.2) is 8.42 Å². The minimum absolute atomic E-state index is 0.0703. The Bertz CT molecular complexity index is 1180. The van der Waals surface area contributed by atoms with Crippen LogP contribution in [0.4, 0.5) is 13.2 Å². The normalized spacial score (nSPS) is 23.8. The van der Waals surface area contributed by atoms with Gasteiger partial charge in [-0.2, -0.15) is 13.2 Å². The maximum atomic E-state index is 13.7. The Morgan fingerprint density at radius 2 is 1.94 bits per heavy atom. The molecule has 3 rings (SSSR count). The fourth-order valence-electron chi connectivity index (χ4n) is 4.34. The number of methoxy groups -OCH3 is 1. The van der Waals surface area contributed by atoms with E-state index >= 15 is 0 Å². The van der Waals surface area contributed by atoms with Crippen LogP contribution >= 0.6 is 0 Å². The first-order valence-electron chi connectivity index (χ1n) is 11.1. The number of aromatic amines is 1. The van der Waals surface area contributed by atoms with Crippen molar-refractivity contribution in [3.63, 3.8) is 0 Å². The number of ether oxygens (including phenoxy) is 2. The third-order valence-corrected chi connectivity index (χ3v) is 8.81. The van der Waals surface area contributed by atoms with E-state index in [0.29, 0.717) is 18.4 Å². The molecule has 0 saturated carbocycles. The van der Waals surface area contributed by atoms with E-state index in [0.717, 1.165) is 18.6 Å². The number of H-pyrrole nitrogens is 1. The van der Waals surface area contributed by atoms with Gasteiger partial charge in [0.05, 0.1) is 34.5 Å². The van der Waals surface area contributed by atoms with Gasteiger partial charge in [-0.1, -0.05) is 19.9 Å². The van der Waals surface area contributed by atoms with Crippen LogP contribution in [-0.4, -0.2) is 31.4 Å². The van der Waals surface area contributed by atoms with Crippen LogP contribution in [0, 0.1) is 5.92 Å². The largest absolute Gasteiger partial charge is 0.482 e.